The second-order valence-corrected chi connectivity index (χ2v) is 6.84. The molecule has 2 aliphatic carbocycles. The molecule has 0 aromatic carbocycles. The van der Waals surface area contributed by atoms with Gasteiger partial charge in [0.15, 0.2) is 0 Å². The molecule has 0 saturated heterocycles. The summed E-state index contributed by atoms with van der Waals surface area (Å²) in [7, 11) is 0. The molecule has 0 aromatic rings. The summed E-state index contributed by atoms with van der Waals surface area (Å²) in [5.74, 6) is 0.0808. The molecule has 0 atom stereocenters. The average Bonchev–Trinajstić information content (AvgIpc) is 3.06. The van der Waals surface area contributed by atoms with Crippen LogP contribution in [0.5, 0.6) is 0 Å². The number of thiocarbonyl (C=S) groups is 1. The predicted octanol–water partition coefficient (Wildman–Crippen LogP) is 2.92. The summed E-state index contributed by atoms with van der Waals surface area (Å²) in [6.45, 7) is 3.03. The number of amides is 1. The zero-order valence-electron chi connectivity index (χ0n) is 12.0. The van der Waals surface area contributed by atoms with Gasteiger partial charge in [0.2, 0.25) is 5.91 Å². The summed E-state index contributed by atoms with van der Waals surface area (Å²) in [5, 5.41) is 3.17. The molecule has 2 saturated carbocycles. The van der Waals surface area contributed by atoms with E-state index in [1.807, 2.05) is 0 Å². The molecule has 19 heavy (non-hydrogen) atoms. The van der Waals surface area contributed by atoms with Crippen LogP contribution in [0.25, 0.3) is 0 Å². The normalized spacial score (nSPS) is 24.3. The van der Waals surface area contributed by atoms with E-state index < -0.39 is 5.41 Å². The van der Waals surface area contributed by atoms with Gasteiger partial charge in [-0.05, 0) is 37.5 Å². The fourth-order valence-corrected chi connectivity index (χ4v) is 4.08. The van der Waals surface area contributed by atoms with Crippen LogP contribution >= 0.6 is 12.2 Å². The van der Waals surface area contributed by atoms with Gasteiger partial charge in [-0.15, -0.1) is 0 Å². The van der Waals surface area contributed by atoms with E-state index in [9.17, 15) is 4.79 Å². The Labute approximate surface area is 121 Å². The number of carbonyl (C=O) groups is 1. The van der Waals surface area contributed by atoms with Gasteiger partial charge < -0.3 is 11.1 Å². The maximum absolute atomic E-state index is 12.5. The number of hydrogen-bond acceptors (Lipinski definition) is 2. The topological polar surface area (TPSA) is 55.1 Å². The van der Waals surface area contributed by atoms with E-state index in [-0.39, 0.29) is 5.91 Å². The number of nitrogens with two attached hydrogens (primary N) is 1. The van der Waals surface area contributed by atoms with Crippen molar-refractivity contribution < 1.29 is 4.79 Å². The molecule has 0 heterocycles. The first-order valence-electron chi connectivity index (χ1n) is 7.63. The second-order valence-electron chi connectivity index (χ2n) is 6.40. The van der Waals surface area contributed by atoms with Crippen molar-refractivity contribution in [1.82, 2.24) is 5.32 Å². The third-order valence-electron chi connectivity index (χ3n) is 5.40. The lowest BCUT2D eigenvalue weighted by molar-refractivity contribution is -0.127. The Balaban J connectivity index is 1.98. The molecule has 3 nitrogen and oxygen atoms in total. The fraction of sp³-hybridized carbons (Fsp3) is 0.867. The van der Waals surface area contributed by atoms with Gasteiger partial charge in [-0.1, -0.05) is 44.8 Å². The van der Waals surface area contributed by atoms with Crippen LogP contribution in [0.2, 0.25) is 0 Å². The summed E-state index contributed by atoms with van der Waals surface area (Å²) in [6, 6.07) is 0. The van der Waals surface area contributed by atoms with Gasteiger partial charge in [0, 0.05) is 6.54 Å². The number of rotatable bonds is 5. The third kappa shape index (κ3) is 2.78. The van der Waals surface area contributed by atoms with Gasteiger partial charge in [0.05, 0.1) is 10.4 Å². The first kappa shape index (κ1) is 14.8. The van der Waals surface area contributed by atoms with E-state index in [4.69, 9.17) is 18.0 Å². The molecule has 1 amide bonds. The highest BCUT2D eigenvalue weighted by Gasteiger charge is 2.44. The molecule has 0 aliphatic heterocycles. The molecule has 3 N–H and O–H groups in total. The van der Waals surface area contributed by atoms with Crippen molar-refractivity contribution in [1.29, 1.82) is 0 Å². The van der Waals surface area contributed by atoms with Crippen LogP contribution in [0.1, 0.15) is 64.7 Å². The van der Waals surface area contributed by atoms with Crippen molar-refractivity contribution >= 4 is 23.1 Å². The largest absolute Gasteiger partial charge is 0.392 e. The van der Waals surface area contributed by atoms with Crippen molar-refractivity contribution in [2.45, 2.75) is 64.7 Å². The lowest BCUT2D eigenvalue weighted by Crippen LogP contribution is -2.49. The smallest absolute Gasteiger partial charge is 0.233 e. The van der Waals surface area contributed by atoms with Gasteiger partial charge in [0.25, 0.3) is 0 Å². The first-order valence-corrected chi connectivity index (χ1v) is 8.04. The SMILES string of the molecule is CCC1(CNC(=O)C2(C(N)=S)CCCC2)CCCC1. The molecule has 4 heteroatoms. The fourth-order valence-electron chi connectivity index (χ4n) is 3.78. The summed E-state index contributed by atoms with van der Waals surface area (Å²) >= 11 is 5.17. The van der Waals surface area contributed by atoms with Crippen molar-refractivity contribution in [3.63, 3.8) is 0 Å². The van der Waals surface area contributed by atoms with E-state index in [1.165, 1.54) is 25.7 Å². The molecule has 2 fully saturated rings. The summed E-state index contributed by atoms with van der Waals surface area (Å²) in [4.78, 5) is 12.9. The molecule has 2 aliphatic rings. The van der Waals surface area contributed by atoms with Gasteiger partial charge in [-0.2, -0.15) is 0 Å². The minimum atomic E-state index is -0.553. The van der Waals surface area contributed by atoms with E-state index in [0.717, 1.165) is 38.6 Å². The molecular formula is C15H26N2OS. The summed E-state index contributed by atoms with van der Waals surface area (Å²) in [5.41, 5.74) is 5.63. The van der Waals surface area contributed by atoms with Crippen molar-refractivity contribution in [3.8, 4) is 0 Å². The van der Waals surface area contributed by atoms with Crippen LogP contribution in [0.15, 0.2) is 0 Å². The van der Waals surface area contributed by atoms with Gasteiger partial charge >= 0.3 is 0 Å². The van der Waals surface area contributed by atoms with Crippen LogP contribution in [0.4, 0.5) is 0 Å². The highest BCUT2D eigenvalue weighted by molar-refractivity contribution is 7.80. The molecule has 0 spiro atoms. The van der Waals surface area contributed by atoms with Crippen LogP contribution in [0.3, 0.4) is 0 Å². The van der Waals surface area contributed by atoms with Crippen molar-refractivity contribution in [3.05, 3.63) is 0 Å². The minimum Gasteiger partial charge on any atom is -0.392 e. The third-order valence-corrected chi connectivity index (χ3v) is 5.79. The van der Waals surface area contributed by atoms with E-state index >= 15 is 0 Å². The number of hydrogen-bond donors (Lipinski definition) is 2. The quantitative estimate of drug-likeness (QED) is 0.762. The van der Waals surface area contributed by atoms with Crippen LogP contribution in [-0.2, 0) is 4.79 Å². The van der Waals surface area contributed by atoms with Crippen LogP contribution in [0, 0.1) is 10.8 Å². The lowest BCUT2D eigenvalue weighted by Gasteiger charge is -2.32. The summed E-state index contributed by atoms with van der Waals surface area (Å²) < 4.78 is 0. The van der Waals surface area contributed by atoms with Gasteiger partial charge in [0.1, 0.15) is 0 Å². The van der Waals surface area contributed by atoms with Crippen LogP contribution in [-0.4, -0.2) is 17.4 Å². The maximum atomic E-state index is 12.5. The lowest BCUT2D eigenvalue weighted by atomic mass is 9.81. The van der Waals surface area contributed by atoms with E-state index in [1.54, 1.807) is 0 Å². The molecule has 0 aromatic heterocycles. The zero-order valence-corrected chi connectivity index (χ0v) is 12.8. The van der Waals surface area contributed by atoms with Gasteiger partial charge in [-0.25, -0.2) is 0 Å². The Bertz CT molecular complexity index is 355. The van der Waals surface area contributed by atoms with Gasteiger partial charge in [-0.3, -0.25) is 4.79 Å². The average molecular weight is 282 g/mol. The Morgan fingerprint density at radius 3 is 2.16 bits per heavy atom. The maximum Gasteiger partial charge on any atom is 0.233 e. The predicted molar refractivity (Wildman–Crippen MR) is 81.9 cm³/mol. The van der Waals surface area contributed by atoms with Crippen LogP contribution < -0.4 is 11.1 Å². The monoisotopic (exact) mass is 282 g/mol. The zero-order chi connectivity index (χ0) is 13.9. The highest BCUT2D eigenvalue weighted by Crippen LogP contribution is 2.42. The minimum absolute atomic E-state index is 0.0808. The molecular weight excluding hydrogens is 256 g/mol. The Kier molecular flexibility index (Phi) is 4.49. The molecule has 108 valence electrons. The Morgan fingerprint density at radius 1 is 1.16 bits per heavy atom. The number of nitrogens with one attached hydrogen (secondary N) is 1. The molecule has 0 radical (unpaired) electrons. The van der Waals surface area contributed by atoms with E-state index in [2.05, 4.69) is 12.2 Å². The second kappa shape index (κ2) is 5.78. The van der Waals surface area contributed by atoms with Crippen molar-refractivity contribution in [2.75, 3.05) is 6.54 Å². The van der Waals surface area contributed by atoms with E-state index in [0.29, 0.717) is 10.4 Å². The standard InChI is InChI=1S/C15H26N2OS/c1-2-14(7-3-4-8-14)11-17-13(18)15(12(16)19)9-5-6-10-15/h2-11H2,1H3,(H2,16,19)(H,17,18). The van der Waals surface area contributed by atoms with Crippen molar-refractivity contribution in [2.24, 2.45) is 16.6 Å². The molecule has 2 rings (SSSR count). The molecule has 0 unspecified atom stereocenters. The Hall–Kier alpha value is -0.640. The summed E-state index contributed by atoms with van der Waals surface area (Å²) in [6.07, 6.45) is 9.99. The first-order chi connectivity index (χ1) is 9.05. The molecule has 0 bridgehead atoms. The number of carbonyl (C=O) groups excluding carboxylic acids is 1. The Morgan fingerprint density at radius 2 is 1.68 bits per heavy atom. The highest BCUT2D eigenvalue weighted by atomic mass is 32.1.